The number of carbonyl (C=O) groups is 2. The van der Waals surface area contributed by atoms with Crippen LogP contribution in [0.1, 0.15) is 20.3 Å². The van der Waals surface area contributed by atoms with Crippen molar-refractivity contribution in [2.45, 2.75) is 20.3 Å². The van der Waals surface area contributed by atoms with Crippen molar-refractivity contribution in [3.8, 4) is 0 Å². The third-order valence-corrected chi connectivity index (χ3v) is 0.871. The van der Waals surface area contributed by atoms with Crippen LogP contribution < -0.4 is 5.73 Å². The fraction of sp³-hybridized carbons (Fsp3) is 0.444. The first-order chi connectivity index (χ1) is 6.58. The van der Waals surface area contributed by atoms with Gasteiger partial charge in [-0.1, -0.05) is 13.5 Å². The molecule has 5 heteroatoms. The Morgan fingerprint density at radius 3 is 2.36 bits per heavy atom. The molecule has 2 N–H and O–H groups in total. The van der Waals surface area contributed by atoms with Gasteiger partial charge in [-0.25, -0.2) is 14.6 Å². The van der Waals surface area contributed by atoms with Crippen LogP contribution in [0.5, 0.6) is 0 Å². The number of rotatable bonds is 3. The van der Waals surface area contributed by atoms with Gasteiger partial charge in [-0.3, -0.25) is 0 Å². The molecule has 0 atom stereocenters. The van der Waals surface area contributed by atoms with E-state index in [1.54, 1.807) is 6.92 Å². The maximum Gasteiger partial charge on any atom is 0.337 e. The van der Waals surface area contributed by atoms with E-state index in [2.05, 4.69) is 22.0 Å². The van der Waals surface area contributed by atoms with Crippen LogP contribution in [-0.4, -0.2) is 24.8 Å². The predicted octanol–water partition coefficient (Wildman–Crippen LogP) is 1.28. The molecule has 0 aromatic heterocycles. The molecule has 5 nitrogen and oxygen atoms in total. The molecule has 80 valence electrons. The molecule has 0 spiro atoms. The summed E-state index contributed by atoms with van der Waals surface area (Å²) in [5.41, 5.74) is 4.57. The number of primary amides is 1. The van der Waals surface area contributed by atoms with Crippen LogP contribution in [0.25, 0.3) is 0 Å². The number of urea groups is 1. The van der Waals surface area contributed by atoms with Crippen molar-refractivity contribution < 1.29 is 14.3 Å². The van der Waals surface area contributed by atoms with Gasteiger partial charge in [0.05, 0.1) is 6.61 Å². The van der Waals surface area contributed by atoms with Crippen LogP contribution in [0.2, 0.25) is 0 Å². The smallest absolute Gasteiger partial charge is 0.337 e. The van der Waals surface area contributed by atoms with E-state index in [0.717, 1.165) is 12.5 Å². The van der Waals surface area contributed by atoms with Gasteiger partial charge in [-0.15, -0.1) is 0 Å². The number of carbonyl (C=O) groups excluding carboxylic acids is 2. The molecule has 0 aliphatic rings. The van der Waals surface area contributed by atoms with Gasteiger partial charge in [-0.05, 0) is 13.3 Å². The summed E-state index contributed by atoms with van der Waals surface area (Å²) in [5, 5.41) is 0. The van der Waals surface area contributed by atoms with Gasteiger partial charge >= 0.3 is 12.0 Å². The number of ether oxygens (including phenoxy) is 1. The summed E-state index contributed by atoms with van der Waals surface area (Å²) in [6, 6.07) is -0.641. The Morgan fingerprint density at radius 2 is 2.14 bits per heavy atom. The lowest BCUT2D eigenvalue weighted by molar-refractivity contribution is -0.137. The zero-order valence-corrected chi connectivity index (χ0v) is 8.53. The maximum absolute atomic E-state index is 10.2. The fourth-order valence-corrected chi connectivity index (χ4v) is 0.389. The Morgan fingerprint density at radius 1 is 1.57 bits per heavy atom. The molecule has 0 saturated carbocycles. The highest BCUT2D eigenvalue weighted by Crippen LogP contribution is 1.81. The monoisotopic (exact) mass is 200 g/mol. The van der Waals surface area contributed by atoms with Gasteiger partial charge in [0.25, 0.3) is 0 Å². The Balaban J connectivity index is 0. The molecule has 0 rings (SSSR count). The summed E-state index contributed by atoms with van der Waals surface area (Å²) in [7, 11) is 0. The summed E-state index contributed by atoms with van der Waals surface area (Å²) >= 11 is 0. The largest absolute Gasteiger partial charge is 0.463 e. The normalized spacial score (nSPS) is 8.71. The molecule has 0 heterocycles. The van der Waals surface area contributed by atoms with Crippen molar-refractivity contribution in [2.24, 2.45) is 10.7 Å². The lowest BCUT2D eigenvalue weighted by atomic mass is 10.5. The summed E-state index contributed by atoms with van der Waals surface area (Å²) in [4.78, 5) is 23.0. The Kier molecular flexibility index (Phi) is 12.0. The van der Waals surface area contributed by atoms with E-state index in [1.165, 1.54) is 6.21 Å². The first-order valence-corrected chi connectivity index (χ1v) is 4.15. The van der Waals surface area contributed by atoms with Crippen molar-refractivity contribution in [1.82, 2.24) is 0 Å². The maximum atomic E-state index is 10.2. The molecular weight excluding hydrogens is 184 g/mol. The van der Waals surface area contributed by atoms with E-state index in [9.17, 15) is 9.59 Å². The molecule has 0 saturated heterocycles. The van der Waals surface area contributed by atoms with Crippen molar-refractivity contribution in [1.29, 1.82) is 0 Å². The number of nitrogens with zero attached hydrogens (tertiary/aromatic N) is 1. The van der Waals surface area contributed by atoms with Gasteiger partial charge < -0.3 is 10.5 Å². The van der Waals surface area contributed by atoms with Crippen molar-refractivity contribution >= 4 is 18.2 Å². The zero-order chi connectivity index (χ0) is 11.4. The first kappa shape index (κ1) is 14.9. The minimum absolute atomic E-state index is 0.341. The quantitative estimate of drug-likeness (QED) is 0.423. The van der Waals surface area contributed by atoms with Crippen LogP contribution in [0.3, 0.4) is 0 Å². The second-order valence-corrected chi connectivity index (χ2v) is 2.10. The van der Waals surface area contributed by atoms with Crippen LogP contribution in [0.4, 0.5) is 4.79 Å². The molecule has 0 unspecified atom stereocenters. The number of hydrogen-bond acceptors (Lipinski definition) is 3. The average molecular weight is 200 g/mol. The van der Waals surface area contributed by atoms with Gasteiger partial charge in [0.1, 0.15) is 0 Å². The highest BCUT2D eigenvalue weighted by atomic mass is 16.5. The van der Waals surface area contributed by atoms with E-state index in [-0.39, 0.29) is 5.97 Å². The van der Waals surface area contributed by atoms with Crippen molar-refractivity contribution in [2.75, 3.05) is 6.61 Å². The number of nitrogens with two attached hydrogens (primary N) is 1. The standard InChI is InChI=1S/C6H10O2.C3H6N2O/c1-3-5-8-6(7)4-2;1-2-5-3(4)6/h4H,2-3,5H2,1H3;2H,1H3,(H2,4,6). The van der Waals surface area contributed by atoms with Crippen LogP contribution in [-0.2, 0) is 9.53 Å². The fourth-order valence-electron chi connectivity index (χ4n) is 0.389. The Bertz CT molecular complexity index is 212. The lowest BCUT2D eigenvalue weighted by Crippen LogP contribution is -2.02. The van der Waals surface area contributed by atoms with Crippen molar-refractivity contribution in [3.05, 3.63) is 12.7 Å². The van der Waals surface area contributed by atoms with Crippen LogP contribution >= 0.6 is 0 Å². The molecule has 2 amide bonds. The topological polar surface area (TPSA) is 81.8 Å². The molecule has 0 fully saturated rings. The zero-order valence-electron chi connectivity index (χ0n) is 8.53. The van der Waals surface area contributed by atoms with E-state index in [4.69, 9.17) is 0 Å². The molecule has 0 aliphatic carbocycles. The third-order valence-electron chi connectivity index (χ3n) is 0.871. The van der Waals surface area contributed by atoms with Crippen LogP contribution in [0, 0.1) is 0 Å². The van der Waals surface area contributed by atoms with E-state index in [1.807, 2.05) is 6.92 Å². The molecule has 0 aromatic carbocycles. The van der Waals surface area contributed by atoms with Gasteiger partial charge in [0.15, 0.2) is 0 Å². The molecule has 14 heavy (non-hydrogen) atoms. The van der Waals surface area contributed by atoms with E-state index < -0.39 is 6.03 Å². The highest BCUT2D eigenvalue weighted by molar-refractivity contribution is 5.81. The molecule has 0 radical (unpaired) electrons. The Labute approximate surface area is 83.6 Å². The summed E-state index contributed by atoms with van der Waals surface area (Å²) in [6.45, 7) is 7.30. The lowest BCUT2D eigenvalue weighted by Gasteiger charge is -1.94. The number of amides is 2. The SMILES string of the molecule is C=CC(=O)OCCC.CC=NC(N)=O. The first-order valence-electron chi connectivity index (χ1n) is 4.15. The minimum atomic E-state index is -0.641. The highest BCUT2D eigenvalue weighted by Gasteiger charge is 1.89. The number of aliphatic imine (C=N–C) groups is 1. The molecular formula is C9H16N2O3. The summed E-state index contributed by atoms with van der Waals surface area (Å²) in [5.74, 6) is -0.341. The van der Waals surface area contributed by atoms with Gasteiger partial charge in [-0.2, -0.15) is 0 Å². The third kappa shape index (κ3) is 16.7. The van der Waals surface area contributed by atoms with Gasteiger partial charge in [0, 0.05) is 12.3 Å². The minimum Gasteiger partial charge on any atom is -0.463 e. The second kappa shape index (κ2) is 11.4. The van der Waals surface area contributed by atoms with Gasteiger partial charge in [0.2, 0.25) is 0 Å². The number of hydrogen-bond donors (Lipinski definition) is 1. The second-order valence-electron chi connectivity index (χ2n) is 2.10. The summed E-state index contributed by atoms with van der Waals surface area (Å²) in [6.07, 6.45) is 3.37. The molecule has 0 aliphatic heterocycles. The van der Waals surface area contributed by atoms with E-state index in [0.29, 0.717) is 6.61 Å². The van der Waals surface area contributed by atoms with E-state index >= 15 is 0 Å². The number of esters is 1. The van der Waals surface area contributed by atoms with Crippen molar-refractivity contribution in [3.63, 3.8) is 0 Å². The Hall–Kier alpha value is -1.65. The van der Waals surface area contributed by atoms with Crippen LogP contribution in [0.15, 0.2) is 17.6 Å². The predicted molar refractivity (Wildman–Crippen MR) is 55.2 cm³/mol. The summed E-state index contributed by atoms with van der Waals surface area (Å²) < 4.78 is 4.58. The molecule has 0 bridgehead atoms. The average Bonchev–Trinajstić information content (AvgIpc) is 2.15. The molecule has 0 aromatic rings.